The number of nitrogens with one attached hydrogen (secondary N) is 1. The molecule has 1 aliphatic rings. The van der Waals surface area contributed by atoms with Crippen molar-refractivity contribution in [1.82, 2.24) is 0 Å². The van der Waals surface area contributed by atoms with Crippen molar-refractivity contribution in [3.63, 3.8) is 0 Å². The van der Waals surface area contributed by atoms with Gasteiger partial charge >= 0.3 is 0 Å². The van der Waals surface area contributed by atoms with Gasteiger partial charge in [-0.3, -0.25) is 14.9 Å². The molecule has 1 N–H and O–H groups in total. The second kappa shape index (κ2) is 8.57. The summed E-state index contributed by atoms with van der Waals surface area (Å²) in [6.45, 7) is 2.27. The third-order valence-corrected chi connectivity index (χ3v) is 4.44. The van der Waals surface area contributed by atoms with Crippen molar-refractivity contribution in [2.24, 2.45) is 0 Å². The molecule has 28 heavy (non-hydrogen) atoms. The summed E-state index contributed by atoms with van der Waals surface area (Å²) in [6, 6.07) is 9.27. The van der Waals surface area contributed by atoms with Gasteiger partial charge < -0.3 is 24.4 Å². The molecule has 0 spiro atoms. The number of hydrogen-bond acceptors (Lipinski definition) is 7. The Balaban J connectivity index is 1.95. The number of ether oxygens (including phenoxy) is 3. The zero-order valence-electron chi connectivity index (χ0n) is 15.6. The van der Waals surface area contributed by atoms with E-state index in [0.29, 0.717) is 49.2 Å². The molecule has 0 aliphatic carbocycles. The van der Waals surface area contributed by atoms with Crippen LogP contribution in [-0.2, 0) is 4.74 Å². The molecule has 148 valence electrons. The Labute approximate surface area is 162 Å². The summed E-state index contributed by atoms with van der Waals surface area (Å²) in [7, 11) is 3.02. The number of carbonyl (C=O) groups excluding carboxylic acids is 1. The summed E-state index contributed by atoms with van der Waals surface area (Å²) in [6.07, 6.45) is 0. The summed E-state index contributed by atoms with van der Waals surface area (Å²) in [5.41, 5.74) is 1.13. The van der Waals surface area contributed by atoms with Crippen molar-refractivity contribution >= 4 is 23.0 Å². The molecule has 0 bridgehead atoms. The lowest BCUT2D eigenvalue weighted by atomic mass is 10.1. The average molecular weight is 387 g/mol. The van der Waals surface area contributed by atoms with Crippen LogP contribution in [0.25, 0.3) is 0 Å². The molecule has 1 heterocycles. The molecule has 3 rings (SSSR count). The maximum atomic E-state index is 13.0. The van der Waals surface area contributed by atoms with Gasteiger partial charge in [-0.1, -0.05) is 0 Å². The Morgan fingerprint density at radius 3 is 2.54 bits per heavy atom. The number of morpholine rings is 1. The largest absolute Gasteiger partial charge is 0.497 e. The van der Waals surface area contributed by atoms with Gasteiger partial charge in [0.1, 0.15) is 11.5 Å². The van der Waals surface area contributed by atoms with Gasteiger partial charge in [0.15, 0.2) is 0 Å². The minimum absolute atomic E-state index is 0.149. The summed E-state index contributed by atoms with van der Waals surface area (Å²) in [5.74, 6) is 0.541. The number of nitro groups is 1. The van der Waals surface area contributed by atoms with Gasteiger partial charge in [-0.2, -0.15) is 0 Å². The topological polar surface area (TPSA) is 103 Å². The van der Waals surface area contributed by atoms with Gasteiger partial charge in [-0.25, -0.2) is 0 Å². The number of nitro benzene ring substituents is 1. The second-order valence-corrected chi connectivity index (χ2v) is 6.08. The minimum atomic E-state index is -0.520. The Bertz CT molecular complexity index is 880. The number of non-ortho nitro benzene ring substituents is 1. The lowest BCUT2D eigenvalue weighted by Crippen LogP contribution is -2.37. The quantitative estimate of drug-likeness (QED) is 0.600. The smallest absolute Gasteiger partial charge is 0.270 e. The number of amides is 1. The fraction of sp³-hybridized carbons (Fsp3) is 0.316. The first-order valence-electron chi connectivity index (χ1n) is 8.68. The Hall–Kier alpha value is -3.33. The van der Waals surface area contributed by atoms with Crippen LogP contribution < -0.4 is 19.7 Å². The van der Waals surface area contributed by atoms with Crippen molar-refractivity contribution in [2.45, 2.75) is 0 Å². The number of nitrogens with zero attached hydrogens (tertiary/aromatic N) is 2. The van der Waals surface area contributed by atoms with E-state index in [2.05, 4.69) is 5.32 Å². The Morgan fingerprint density at radius 2 is 1.89 bits per heavy atom. The van der Waals surface area contributed by atoms with Gasteiger partial charge in [0.2, 0.25) is 0 Å². The lowest BCUT2D eigenvalue weighted by molar-refractivity contribution is -0.384. The summed E-state index contributed by atoms with van der Waals surface area (Å²) in [4.78, 5) is 25.7. The van der Waals surface area contributed by atoms with Crippen LogP contribution in [-0.4, -0.2) is 51.4 Å². The maximum absolute atomic E-state index is 13.0. The highest BCUT2D eigenvalue weighted by atomic mass is 16.6. The van der Waals surface area contributed by atoms with E-state index in [9.17, 15) is 14.9 Å². The number of benzene rings is 2. The maximum Gasteiger partial charge on any atom is 0.270 e. The van der Waals surface area contributed by atoms with Crippen LogP contribution >= 0.6 is 0 Å². The van der Waals surface area contributed by atoms with Crippen molar-refractivity contribution in [3.8, 4) is 11.5 Å². The SMILES string of the molecule is COc1ccc(NC(=O)c2cc([N+](=O)[O-])ccc2N2CCOCC2)c(OC)c1. The normalized spacial score (nSPS) is 13.7. The first-order valence-corrected chi connectivity index (χ1v) is 8.68. The van der Waals surface area contributed by atoms with Gasteiger partial charge in [-0.15, -0.1) is 0 Å². The van der Waals surface area contributed by atoms with Crippen LogP contribution in [0.4, 0.5) is 17.1 Å². The van der Waals surface area contributed by atoms with E-state index in [4.69, 9.17) is 14.2 Å². The van der Waals surface area contributed by atoms with Crippen LogP contribution in [0.1, 0.15) is 10.4 Å². The van der Waals surface area contributed by atoms with E-state index >= 15 is 0 Å². The molecule has 9 nitrogen and oxygen atoms in total. The molecular weight excluding hydrogens is 366 g/mol. The van der Waals surface area contributed by atoms with Crippen molar-refractivity contribution in [3.05, 3.63) is 52.1 Å². The van der Waals surface area contributed by atoms with E-state index in [0.717, 1.165) is 0 Å². The van der Waals surface area contributed by atoms with Crippen molar-refractivity contribution < 1.29 is 23.9 Å². The molecule has 1 amide bonds. The fourth-order valence-corrected chi connectivity index (χ4v) is 2.99. The van der Waals surface area contributed by atoms with Crippen LogP contribution in [0.2, 0.25) is 0 Å². The van der Waals surface area contributed by atoms with E-state index in [1.807, 2.05) is 4.90 Å². The zero-order chi connectivity index (χ0) is 20.1. The number of methoxy groups -OCH3 is 2. The summed E-state index contributed by atoms with van der Waals surface area (Å²) in [5, 5.41) is 14.0. The van der Waals surface area contributed by atoms with E-state index in [1.54, 1.807) is 24.3 Å². The molecular formula is C19H21N3O6. The van der Waals surface area contributed by atoms with Gasteiger partial charge in [0, 0.05) is 31.3 Å². The van der Waals surface area contributed by atoms with E-state index in [-0.39, 0.29) is 11.3 Å². The molecule has 0 saturated carbocycles. The summed E-state index contributed by atoms with van der Waals surface area (Å²) < 4.78 is 15.8. The van der Waals surface area contributed by atoms with Gasteiger partial charge in [0.05, 0.1) is 49.3 Å². The molecule has 0 unspecified atom stereocenters. The highest BCUT2D eigenvalue weighted by molar-refractivity contribution is 6.09. The molecule has 1 fully saturated rings. The number of anilines is 2. The van der Waals surface area contributed by atoms with E-state index in [1.165, 1.54) is 26.4 Å². The number of carbonyl (C=O) groups is 1. The molecule has 2 aromatic carbocycles. The number of rotatable bonds is 6. The molecule has 2 aromatic rings. The van der Waals surface area contributed by atoms with Crippen LogP contribution in [0.5, 0.6) is 11.5 Å². The van der Waals surface area contributed by atoms with Crippen LogP contribution in [0.15, 0.2) is 36.4 Å². The van der Waals surface area contributed by atoms with Crippen molar-refractivity contribution in [2.75, 3.05) is 50.7 Å². The number of hydrogen-bond donors (Lipinski definition) is 1. The highest BCUT2D eigenvalue weighted by Crippen LogP contribution is 2.31. The molecule has 9 heteroatoms. The first kappa shape index (κ1) is 19.4. The predicted octanol–water partition coefficient (Wildman–Crippen LogP) is 2.70. The fourth-order valence-electron chi connectivity index (χ4n) is 2.99. The first-order chi connectivity index (χ1) is 13.5. The van der Waals surface area contributed by atoms with Crippen LogP contribution in [0, 0.1) is 10.1 Å². The van der Waals surface area contributed by atoms with E-state index < -0.39 is 10.8 Å². The monoisotopic (exact) mass is 387 g/mol. The average Bonchev–Trinajstić information content (AvgIpc) is 2.74. The van der Waals surface area contributed by atoms with Crippen molar-refractivity contribution in [1.29, 1.82) is 0 Å². The molecule has 1 saturated heterocycles. The van der Waals surface area contributed by atoms with Gasteiger partial charge in [0.25, 0.3) is 11.6 Å². The molecule has 0 atom stereocenters. The standard InChI is InChI=1S/C19H21N3O6/c1-26-14-4-5-16(18(12-14)27-2)20-19(23)15-11-13(22(24)25)3-6-17(15)21-7-9-28-10-8-21/h3-6,11-12H,7-10H2,1-2H3,(H,20,23). The van der Waals surface area contributed by atoms with Gasteiger partial charge in [-0.05, 0) is 18.2 Å². The molecule has 0 radical (unpaired) electrons. The van der Waals surface area contributed by atoms with Crippen LogP contribution in [0.3, 0.4) is 0 Å². The minimum Gasteiger partial charge on any atom is -0.497 e. The third-order valence-electron chi connectivity index (χ3n) is 4.44. The predicted molar refractivity (Wildman–Crippen MR) is 104 cm³/mol. The Kier molecular flexibility index (Phi) is 5.95. The zero-order valence-corrected chi connectivity index (χ0v) is 15.6. The third kappa shape index (κ3) is 4.15. The molecule has 1 aliphatic heterocycles. The summed E-state index contributed by atoms with van der Waals surface area (Å²) >= 11 is 0. The lowest BCUT2D eigenvalue weighted by Gasteiger charge is -2.30. The highest BCUT2D eigenvalue weighted by Gasteiger charge is 2.23. The second-order valence-electron chi connectivity index (χ2n) is 6.08. The molecule has 0 aromatic heterocycles. The Morgan fingerprint density at radius 1 is 1.14 bits per heavy atom.